The Morgan fingerprint density at radius 2 is 1.38 bits per heavy atom. The summed E-state index contributed by atoms with van der Waals surface area (Å²) in [6.45, 7) is 0. The minimum atomic E-state index is -4.38. The molecule has 1 aromatic heterocycles. The van der Waals surface area contributed by atoms with E-state index in [4.69, 9.17) is 11.6 Å². The van der Waals surface area contributed by atoms with Gasteiger partial charge in [-0.05, 0) is 84.9 Å². The number of aromatic nitrogens is 1. The number of halogens is 4. The number of nitrogens with one attached hydrogen (secondary N) is 1. The molecule has 0 saturated heterocycles. The number of pyridine rings is 1. The highest BCUT2D eigenvalue weighted by Crippen LogP contribution is 2.30. The Labute approximate surface area is 199 Å². The summed E-state index contributed by atoms with van der Waals surface area (Å²) >= 11 is 5.94. The number of carbonyl (C=O) groups is 1. The van der Waals surface area contributed by atoms with Gasteiger partial charge in [0.05, 0.1) is 17.4 Å². The second-order valence-electron chi connectivity index (χ2n) is 7.54. The van der Waals surface area contributed by atoms with Crippen LogP contribution < -0.4 is 10.2 Å². The third-order valence-corrected chi connectivity index (χ3v) is 5.48. The Morgan fingerprint density at radius 1 is 0.824 bits per heavy atom. The van der Waals surface area contributed by atoms with Crippen LogP contribution in [0.4, 0.5) is 35.9 Å². The number of rotatable bonds is 6. The molecule has 4 rings (SSSR count). The van der Waals surface area contributed by atoms with Gasteiger partial charge in [-0.3, -0.25) is 9.78 Å². The van der Waals surface area contributed by atoms with E-state index in [1.54, 1.807) is 48.7 Å². The van der Waals surface area contributed by atoms with E-state index in [2.05, 4.69) is 10.3 Å². The van der Waals surface area contributed by atoms with Crippen molar-refractivity contribution in [2.75, 3.05) is 17.3 Å². The molecule has 1 heterocycles. The fourth-order valence-electron chi connectivity index (χ4n) is 3.29. The van der Waals surface area contributed by atoms with E-state index in [-0.39, 0.29) is 5.78 Å². The first kappa shape index (κ1) is 23.3. The third kappa shape index (κ3) is 5.38. The minimum absolute atomic E-state index is 0.234. The zero-order chi connectivity index (χ0) is 24.3. The van der Waals surface area contributed by atoms with E-state index in [0.29, 0.717) is 27.7 Å². The molecule has 4 nitrogen and oxygen atoms in total. The summed E-state index contributed by atoms with van der Waals surface area (Å²) in [5.41, 5.74) is 2.94. The van der Waals surface area contributed by atoms with Crippen molar-refractivity contribution in [3.63, 3.8) is 0 Å². The lowest BCUT2D eigenvalue weighted by atomic mass is 10.1. The maximum absolute atomic E-state index is 12.8. The highest BCUT2D eigenvalue weighted by Gasteiger charge is 2.29. The molecule has 0 atom stereocenters. The summed E-state index contributed by atoms with van der Waals surface area (Å²) in [6, 6.07) is 22.3. The van der Waals surface area contributed by atoms with Gasteiger partial charge in [-0.2, -0.15) is 13.2 Å². The van der Waals surface area contributed by atoms with Crippen molar-refractivity contribution in [1.82, 2.24) is 4.98 Å². The molecule has 0 unspecified atom stereocenters. The molecule has 0 aliphatic heterocycles. The van der Waals surface area contributed by atoms with Crippen molar-refractivity contribution < 1.29 is 18.0 Å². The quantitative estimate of drug-likeness (QED) is 0.290. The Bertz CT molecular complexity index is 1270. The van der Waals surface area contributed by atoms with Gasteiger partial charge >= 0.3 is 6.18 Å². The number of hydrogen-bond donors (Lipinski definition) is 1. The van der Waals surface area contributed by atoms with Gasteiger partial charge in [0.25, 0.3) is 0 Å². The summed E-state index contributed by atoms with van der Waals surface area (Å²) in [6.07, 6.45) is -2.75. The molecule has 1 N–H and O–H groups in total. The van der Waals surface area contributed by atoms with Gasteiger partial charge in [0, 0.05) is 34.7 Å². The van der Waals surface area contributed by atoms with Crippen LogP contribution in [0.25, 0.3) is 0 Å². The second-order valence-corrected chi connectivity index (χ2v) is 7.98. The highest BCUT2D eigenvalue weighted by atomic mass is 35.5. The minimum Gasteiger partial charge on any atom is -0.356 e. The summed E-state index contributed by atoms with van der Waals surface area (Å²) in [4.78, 5) is 19.1. The second kappa shape index (κ2) is 9.57. The molecule has 0 spiro atoms. The molecule has 0 amide bonds. The first-order valence-corrected chi connectivity index (χ1v) is 10.6. The van der Waals surface area contributed by atoms with E-state index in [0.717, 1.165) is 23.5 Å². The van der Waals surface area contributed by atoms with Crippen LogP contribution >= 0.6 is 11.6 Å². The summed E-state index contributed by atoms with van der Waals surface area (Å²) in [7, 11) is 1.89. The third-order valence-electron chi connectivity index (χ3n) is 5.23. The van der Waals surface area contributed by atoms with E-state index in [9.17, 15) is 18.0 Å². The molecule has 0 bridgehead atoms. The number of hydrogen-bond acceptors (Lipinski definition) is 4. The van der Waals surface area contributed by atoms with Crippen LogP contribution in [-0.2, 0) is 6.18 Å². The maximum Gasteiger partial charge on any atom is 0.416 e. The predicted molar refractivity (Wildman–Crippen MR) is 128 cm³/mol. The topological polar surface area (TPSA) is 45.2 Å². The molecular formula is C26H19ClF3N3O. The van der Waals surface area contributed by atoms with E-state index in [1.807, 2.05) is 30.1 Å². The standard InChI is InChI=1S/C26H19ClF3N3O/c1-33(22-12-6-19(27)7-13-22)23-14-15-24(31-16-23)25(34)17-2-8-20(9-3-17)32-21-10-4-18(5-11-21)26(28,29)30/h2-16,32H,1H3. The molecule has 172 valence electrons. The largest absolute Gasteiger partial charge is 0.416 e. The average Bonchev–Trinajstić information content (AvgIpc) is 2.84. The lowest BCUT2D eigenvalue weighted by molar-refractivity contribution is -0.137. The van der Waals surface area contributed by atoms with Crippen molar-refractivity contribution in [2.45, 2.75) is 6.18 Å². The van der Waals surface area contributed by atoms with Crippen LogP contribution in [0.1, 0.15) is 21.6 Å². The van der Waals surface area contributed by atoms with Crippen LogP contribution in [-0.4, -0.2) is 17.8 Å². The fourth-order valence-corrected chi connectivity index (χ4v) is 3.42. The molecule has 34 heavy (non-hydrogen) atoms. The summed E-state index contributed by atoms with van der Waals surface area (Å²) in [5, 5.41) is 3.67. The van der Waals surface area contributed by atoms with Crippen LogP contribution in [0.2, 0.25) is 5.02 Å². The first-order valence-electron chi connectivity index (χ1n) is 10.2. The number of alkyl halides is 3. The monoisotopic (exact) mass is 481 g/mol. The zero-order valence-electron chi connectivity index (χ0n) is 18.0. The average molecular weight is 482 g/mol. The van der Waals surface area contributed by atoms with Crippen molar-refractivity contribution in [3.05, 3.63) is 113 Å². The molecule has 0 aliphatic carbocycles. The highest BCUT2D eigenvalue weighted by molar-refractivity contribution is 6.30. The van der Waals surface area contributed by atoms with E-state index in [1.165, 1.54) is 12.1 Å². The number of ketones is 1. The number of nitrogens with zero attached hydrogens (tertiary/aromatic N) is 2. The molecule has 0 fully saturated rings. The molecule has 0 radical (unpaired) electrons. The van der Waals surface area contributed by atoms with Gasteiger partial charge < -0.3 is 10.2 Å². The molecule has 0 saturated carbocycles. The van der Waals surface area contributed by atoms with Gasteiger partial charge in [-0.1, -0.05) is 11.6 Å². The molecule has 3 aromatic carbocycles. The first-order chi connectivity index (χ1) is 16.2. The fraction of sp³-hybridized carbons (Fsp3) is 0.0769. The normalized spacial score (nSPS) is 11.2. The van der Waals surface area contributed by atoms with Gasteiger partial charge in [-0.25, -0.2) is 0 Å². The Hall–Kier alpha value is -3.84. The number of anilines is 4. The molecule has 8 heteroatoms. The van der Waals surface area contributed by atoms with Gasteiger partial charge in [0.2, 0.25) is 5.78 Å². The van der Waals surface area contributed by atoms with Crippen LogP contribution in [0, 0.1) is 0 Å². The zero-order valence-corrected chi connectivity index (χ0v) is 18.7. The Morgan fingerprint density at radius 3 is 1.91 bits per heavy atom. The maximum atomic E-state index is 12.8. The molecule has 4 aromatic rings. The van der Waals surface area contributed by atoms with Crippen LogP contribution in [0.3, 0.4) is 0 Å². The molecule has 0 aliphatic rings. The van der Waals surface area contributed by atoms with Crippen LogP contribution in [0.5, 0.6) is 0 Å². The van der Waals surface area contributed by atoms with Gasteiger partial charge in [-0.15, -0.1) is 0 Å². The van der Waals surface area contributed by atoms with E-state index >= 15 is 0 Å². The lowest BCUT2D eigenvalue weighted by Gasteiger charge is -2.19. The van der Waals surface area contributed by atoms with Crippen molar-refractivity contribution in [3.8, 4) is 0 Å². The summed E-state index contributed by atoms with van der Waals surface area (Å²) < 4.78 is 38.1. The predicted octanol–water partition coefficient (Wildman–Crippen LogP) is 7.50. The smallest absolute Gasteiger partial charge is 0.356 e. The van der Waals surface area contributed by atoms with E-state index < -0.39 is 11.7 Å². The summed E-state index contributed by atoms with van der Waals surface area (Å²) in [5.74, 6) is -0.234. The SMILES string of the molecule is CN(c1ccc(Cl)cc1)c1ccc(C(=O)c2ccc(Nc3ccc(C(F)(F)F)cc3)cc2)nc1. The molecular weight excluding hydrogens is 463 g/mol. The Balaban J connectivity index is 1.42. The lowest BCUT2D eigenvalue weighted by Crippen LogP contribution is -2.11. The Kier molecular flexibility index (Phi) is 6.56. The van der Waals surface area contributed by atoms with Gasteiger partial charge in [0.1, 0.15) is 5.69 Å². The number of benzene rings is 3. The van der Waals surface area contributed by atoms with Crippen LogP contribution in [0.15, 0.2) is 91.1 Å². The van der Waals surface area contributed by atoms with Crippen molar-refractivity contribution in [1.29, 1.82) is 0 Å². The van der Waals surface area contributed by atoms with Crippen molar-refractivity contribution in [2.24, 2.45) is 0 Å². The van der Waals surface area contributed by atoms with Gasteiger partial charge in [0.15, 0.2) is 0 Å². The number of carbonyl (C=O) groups excluding carboxylic acids is 1. The van der Waals surface area contributed by atoms with Crippen molar-refractivity contribution >= 4 is 40.1 Å².